The molecule has 1 N–H and O–H groups in total. The van der Waals surface area contributed by atoms with Crippen molar-refractivity contribution in [3.63, 3.8) is 0 Å². The molecule has 198 valence electrons. The van der Waals surface area contributed by atoms with Gasteiger partial charge in [-0.15, -0.1) is 23.2 Å². The van der Waals surface area contributed by atoms with Gasteiger partial charge in [-0.25, -0.2) is 0 Å². The largest absolute Gasteiger partial charge is 0.508 e. The molecule has 0 bridgehead atoms. The van der Waals surface area contributed by atoms with E-state index in [1.165, 1.54) is 18.1 Å². The second-order valence-corrected chi connectivity index (χ2v) is 12.8. The number of benzene rings is 1. The molecule has 8 nitrogen and oxygen atoms in total. The smallest absolute Gasteiger partial charge is 0.254 e. The number of phenols is 1. The number of likely N-dealkylation sites (tertiary alicyclic amines) is 2. The van der Waals surface area contributed by atoms with E-state index in [1.807, 2.05) is 6.08 Å². The van der Waals surface area contributed by atoms with E-state index in [0.29, 0.717) is 5.57 Å². The number of carbonyl (C=O) groups excluding carboxylic acids is 4. The van der Waals surface area contributed by atoms with Crippen LogP contribution in [-0.4, -0.2) is 66.4 Å². The Labute approximate surface area is 233 Å². The lowest BCUT2D eigenvalue weighted by atomic mass is 9.56. The number of allylic oxidation sites excluding steroid dienone is 2. The molecule has 3 fully saturated rings. The molecule has 1 saturated carbocycles. The van der Waals surface area contributed by atoms with Crippen LogP contribution in [0.1, 0.15) is 45.1 Å². The molecule has 6 unspecified atom stereocenters. The molecule has 4 aliphatic rings. The minimum atomic E-state index is -2.00. The van der Waals surface area contributed by atoms with Gasteiger partial charge in [-0.05, 0) is 51.7 Å². The summed E-state index contributed by atoms with van der Waals surface area (Å²) in [6.07, 6.45) is 1.98. The highest BCUT2D eigenvalue weighted by Crippen LogP contribution is 2.67. The van der Waals surface area contributed by atoms with Gasteiger partial charge in [0.15, 0.2) is 9.75 Å². The zero-order valence-corrected chi connectivity index (χ0v) is 23.9. The highest BCUT2D eigenvalue weighted by Gasteiger charge is 2.76. The van der Waals surface area contributed by atoms with E-state index in [2.05, 4.69) is 15.9 Å². The summed E-state index contributed by atoms with van der Waals surface area (Å²) in [4.78, 5) is 52.9. The third-order valence-corrected chi connectivity index (χ3v) is 10.2. The number of aromatic hydroxyl groups is 1. The Kier molecular flexibility index (Phi) is 6.05. The number of nitrogens with zero attached hydrogens (tertiary/aromatic N) is 2. The van der Waals surface area contributed by atoms with E-state index in [9.17, 15) is 24.3 Å². The molecule has 11 heteroatoms. The van der Waals surface area contributed by atoms with Crippen LogP contribution in [0.3, 0.4) is 0 Å². The monoisotopic (exact) mass is 612 g/mol. The molecule has 1 aromatic rings. The molecule has 0 radical (unpaired) electrons. The molecule has 2 aliphatic carbocycles. The summed E-state index contributed by atoms with van der Waals surface area (Å²) in [6, 6.07) is 4.65. The Bertz CT molecular complexity index is 1280. The van der Waals surface area contributed by atoms with Gasteiger partial charge in [-0.2, -0.15) is 0 Å². The fourth-order valence-electron chi connectivity index (χ4n) is 6.73. The number of phenolic OH excluding ortho intramolecular Hbond substituents is 1. The normalized spacial score (nSPS) is 35.4. The third kappa shape index (κ3) is 3.26. The highest BCUT2D eigenvalue weighted by atomic mass is 79.9. The molecule has 4 amide bonds. The van der Waals surface area contributed by atoms with Crippen LogP contribution in [0.25, 0.3) is 0 Å². The van der Waals surface area contributed by atoms with Crippen LogP contribution in [0.4, 0.5) is 0 Å². The van der Waals surface area contributed by atoms with Crippen molar-refractivity contribution in [2.75, 3.05) is 12.6 Å². The van der Waals surface area contributed by atoms with Crippen LogP contribution in [0, 0.1) is 17.8 Å². The summed E-state index contributed by atoms with van der Waals surface area (Å²) in [6.45, 7) is 5.39. The van der Waals surface area contributed by atoms with Crippen LogP contribution in [0.5, 0.6) is 11.5 Å². The predicted octanol–water partition coefficient (Wildman–Crippen LogP) is 3.91. The molecule has 1 aromatic carbocycles. The highest BCUT2D eigenvalue weighted by molar-refractivity contribution is 9.09. The number of imide groups is 2. The first-order chi connectivity index (χ1) is 17.3. The first kappa shape index (κ1) is 26.5. The number of halogens is 3. The minimum absolute atomic E-state index is 0.109. The van der Waals surface area contributed by atoms with E-state index >= 15 is 0 Å². The molecule has 0 aromatic heterocycles. The first-order valence-corrected chi connectivity index (χ1v) is 13.9. The van der Waals surface area contributed by atoms with Crippen molar-refractivity contribution in [2.45, 2.75) is 54.8 Å². The van der Waals surface area contributed by atoms with Gasteiger partial charge in [0, 0.05) is 17.0 Å². The number of methoxy groups -OCH3 is 1. The van der Waals surface area contributed by atoms with Gasteiger partial charge in [-0.3, -0.25) is 29.0 Å². The summed E-state index contributed by atoms with van der Waals surface area (Å²) < 4.78 is 5.55. The van der Waals surface area contributed by atoms with Gasteiger partial charge in [0.25, 0.3) is 11.8 Å². The molecular weight excluding hydrogens is 587 g/mol. The summed E-state index contributed by atoms with van der Waals surface area (Å²) >= 11 is 17.5. The third-order valence-electron chi connectivity index (χ3n) is 8.24. The van der Waals surface area contributed by atoms with Crippen LogP contribution < -0.4 is 4.74 Å². The Morgan fingerprint density at radius 3 is 2.38 bits per heavy atom. The minimum Gasteiger partial charge on any atom is -0.508 e. The number of fused-ring (bicyclic) bond motifs is 4. The van der Waals surface area contributed by atoms with Gasteiger partial charge in [0.05, 0.1) is 24.4 Å². The summed E-state index contributed by atoms with van der Waals surface area (Å²) in [7, 11) is 1.42. The molecular formula is C26H27BrCl2N2O6. The number of hydrogen-bond acceptors (Lipinski definition) is 6. The van der Waals surface area contributed by atoms with Gasteiger partial charge < -0.3 is 9.84 Å². The number of hydrogen-bond donors (Lipinski definition) is 1. The Balaban J connectivity index is 1.77. The Morgan fingerprint density at radius 2 is 1.78 bits per heavy atom. The van der Waals surface area contributed by atoms with Crippen molar-refractivity contribution >= 4 is 62.8 Å². The quantitative estimate of drug-likeness (QED) is 0.240. The number of carbonyl (C=O) groups is 4. The van der Waals surface area contributed by atoms with Crippen LogP contribution in [0.15, 0.2) is 29.8 Å². The van der Waals surface area contributed by atoms with E-state index in [1.54, 1.807) is 32.9 Å². The van der Waals surface area contributed by atoms with Crippen molar-refractivity contribution in [1.82, 2.24) is 9.80 Å². The molecule has 5 rings (SSSR count). The molecule has 37 heavy (non-hydrogen) atoms. The van der Waals surface area contributed by atoms with Crippen molar-refractivity contribution in [2.24, 2.45) is 17.8 Å². The van der Waals surface area contributed by atoms with Crippen LogP contribution >= 0.6 is 39.1 Å². The maximum Gasteiger partial charge on any atom is 0.254 e. The number of amides is 4. The van der Waals surface area contributed by atoms with Gasteiger partial charge in [-0.1, -0.05) is 33.6 Å². The van der Waals surface area contributed by atoms with Crippen molar-refractivity contribution in [3.8, 4) is 11.5 Å². The van der Waals surface area contributed by atoms with Gasteiger partial charge in [0.2, 0.25) is 11.8 Å². The lowest BCUT2D eigenvalue weighted by Gasteiger charge is -2.51. The maximum absolute atomic E-state index is 13.8. The second-order valence-electron chi connectivity index (χ2n) is 11.1. The topological polar surface area (TPSA) is 104 Å². The molecule has 2 heterocycles. The maximum atomic E-state index is 13.8. The van der Waals surface area contributed by atoms with Crippen molar-refractivity contribution in [3.05, 3.63) is 35.4 Å². The Morgan fingerprint density at radius 1 is 1.11 bits per heavy atom. The lowest BCUT2D eigenvalue weighted by Crippen LogP contribution is -2.60. The van der Waals surface area contributed by atoms with E-state index in [-0.39, 0.29) is 47.2 Å². The van der Waals surface area contributed by atoms with Crippen LogP contribution in [0.2, 0.25) is 0 Å². The number of ether oxygens (including phenoxy) is 1. The van der Waals surface area contributed by atoms with Crippen molar-refractivity contribution in [1.29, 1.82) is 0 Å². The first-order valence-electron chi connectivity index (χ1n) is 12.0. The molecule has 2 saturated heterocycles. The average Bonchev–Trinajstić information content (AvgIpc) is 3.17. The van der Waals surface area contributed by atoms with Crippen molar-refractivity contribution < 1.29 is 29.0 Å². The van der Waals surface area contributed by atoms with E-state index in [4.69, 9.17) is 27.9 Å². The zero-order valence-electron chi connectivity index (χ0n) is 20.8. The zero-order chi connectivity index (χ0) is 27.2. The fourth-order valence-corrected chi connectivity index (χ4v) is 8.14. The SMILES string of the molecule is COc1cccc(O)c1C1C2=CCC3C(=O)N(C(C)(C)C)C(=O)C3C2CC2(Cl)C(=O)N(CBr)C(=O)C12Cl. The predicted molar refractivity (Wildman–Crippen MR) is 140 cm³/mol. The van der Waals surface area contributed by atoms with Gasteiger partial charge >= 0.3 is 0 Å². The standard InChI is InChI=1S/C26H27BrCl2N2O6/c1-24(2,3)31-20(33)13-9-8-12-14(17(13)21(31)34)10-25(28)22(35)30(11-27)23(36)26(25,29)19(12)18-15(32)6-5-7-16(18)37-4/h5-8,13-14,17,19,32H,9-11H2,1-4H3. The second kappa shape index (κ2) is 8.45. The van der Waals surface area contributed by atoms with E-state index < -0.39 is 50.8 Å². The summed E-state index contributed by atoms with van der Waals surface area (Å²) in [5.41, 5.74) is -0.0479. The molecule has 6 atom stereocenters. The molecule has 2 aliphatic heterocycles. The number of rotatable bonds is 3. The van der Waals surface area contributed by atoms with Crippen LogP contribution in [-0.2, 0) is 19.2 Å². The summed E-state index contributed by atoms with van der Waals surface area (Å²) in [5.74, 6) is -5.05. The number of alkyl halides is 3. The average molecular weight is 614 g/mol. The molecule has 0 spiro atoms. The van der Waals surface area contributed by atoms with E-state index in [0.717, 1.165) is 4.90 Å². The lowest BCUT2D eigenvalue weighted by molar-refractivity contribution is -0.146. The summed E-state index contributed by atoms with van der Waals surface area (Å²) in [5, 5.41) is 11.0. The fraction of sp³-hybridized carbons (Fsp3) is 0.538. The Hall–Kier alpha value is -2.10. The van der Waals surface area contributed by atoms with Gasteiger partial charge in [0.1, 0.15) is 11.5 Å².